The van der Waals surface area contributed by atoms with Crippen LogP contribution in [-0.2, 0) is 19.4 Å². The molecule has 0 saturated carbocycles. The monoisotopic (exact) mass is 288 g/mol. The molecule has 2 rings (SSSR count). The Morgan fingerprint density at radius 1 is 1.20 bits per heavy atom. The molecule has 3 nitrogen and oxygen atoms in total. The van der Waals surface area contributed by atoms with Crippen molar-refractivity contribution in [2.24, 2.45) is 5.73 Å². The number of carbonyl (C=O) groups excluding carboxylic acids is 1. The van der Waals surface area contributed by atoms with E-state index >= 15 is 0 Å². The van der Waals surface area contributed by atoms with Crippen LogP contribution in [0.3, 0.4) is 0 Å². The van der Waals surface area contributed by atoms with E-state index in [0.717, 1.165) is 24.0 Å². The average Bonchev–Trinajstić information content (AvgIpc) is 2.94. The Labute approximate surface area is 123 Å². The molecule has 2 aromatic rings. The molecule has 20 heavy (non-hydrogen) atoms. The van der Waals surface area contributed by atoms with E-state index < -0.39 is 0 Å². The smallest absolute Gasteiger partial charge is 0.251 e. The first kappa shape index (κ1) is 14.8. The standard InChI is InChI=1S/C16H20N2OS/c1-2-13-7-8-14(20-13)11-18-16(19)15-6-4-3-5-12(15)9-10-17/h3-8H,2,9-11,17H2,1H3,(H,18,19). The van der Waals surface area contributed by atoms with Gasteiger partial charge in [-0.05, 0) is 43.1 Å². The summed E-state index contributed by atoms with van der Waals surface area (Å²) in [5.41, 5.74) is 7.32. The van der Waals surface area contributed by atoms with Crippen molar-refractivity contribution >= 4 is 17.2 Å². The third kappa shape index (κ3) is 3.68. The number of benzene rings is 1. The number of hydrogen-bond donors (Lipinski definition) is 2. The highest BCUT2D eigenvalue weighted by molar-refractivity contribution is 7.11. The number of aryl methyl sites for hydroxylation is 1. The van der Waals surface area contributed by atoms with Gasteiger partial charge in [-0.15, -0.1) is 11.3 Å². The van der Waals surface area contributed by atoms with E-state index in [0.29, 0.717) is 13.1 Å². The Hall–Kier alpha value is -1.65. The molecule has 1 amide bonds. The van der Waals surface area contributed by atoms with Gasteiger partial charge in [-0.2, -0.15) is 0 Å². The van der Waals surface area contributed by atoms with Crippen LogP contribution >= 0.6 is 11.3 Å². The molecule has 0 saturated heterocycles. The van der Waals surface area contributed by atoms with Crippen LogP contribution in [-0.4, -0.2) is 12.5 Å². The first-order valence-corrected chi connectivity index (χ1v) is 7.70. The zero-order chi connectivity index (χ0) is 14.4. The Balaban J connectivity index is 2.01. The predicted octanol–water partition coefficient (Wildman–Crippen LogP) is 2.74. The van der Waals surface area contributed by atoms with Crippen LogP contribution in [0, 0.1) is 0 Å². The van der Waals surface area contributed by atoms with Crippen molar-refractivity contribution in [1.82, 2.24) is 5.32 Å². The minimum absolute atomic E-state index is 0.0273. The van der Waals surface area contributed by atoms with E-state index in [2.05, 4.69) is 24.4 Å². The average molecular weight is 288 g/mol. The van der Waals surface area contributed by atoms with Gasteiger partial charge in [-0.3, -0.25) is 4.79 Å². The summed E-state index contributed by atoms with van der Waals surface area (Å²) in [6, 6.07) is 11.8. The van der Waals surface area contributed by atoms with Crippen molar-refractivity contribution in [1.29, 1.82) is 0 Å². The van der Waals surface area contributed by atoms with Gasteiger partial charge in [0.15, 0.2) is 0 Å². The van der Waals surface area contributed by atoms with Crippen LogP contribution in [0.4, 0.5) is 0 Å². The lowest BCUT2D eigenvalue weighted by atomic mass is 10.0. The lowest BCUT2D eigenvalue weighted by molar-refractivity contribution is 0.0950. The van der Waals surface area contributed by atoms with Gasteiger partial charge in [0, 0.05) is 15.3 Å². The van der Waals surface area contributed by atoms with E-state index in [9.17, 15) is 4.79 Å². The van der Waals surface area contributed by atoms with Crippen LogP contribution < -0.4 is 11.1 Å². The minimum Gasteiger partial charge on any atom is -0.347 e. The molecule has 0 atom stereocenters. The zero-order valence-corrected chi connectivity index (χ0v) is 12.5. The molecule has 0 aliphatic heterocycles. The van der Waals surface area contributed by atoms with Gasteiger partial charge in [0.05, 0.1) is 6.54 Å². The summed E-state index contributed by atoms with van der Waals surface area (Å²) in [6.07, 6.45) is 1.76. The Bertz CT molecular complexity index is 577. The van der Waals surface area contributed by atoms with Crippen LogP contribution in [0.2, 0.25) is 0 Å². The maximum Gasteiger partial charge on any atom is 0.251 e. The molecule has 1 aromatic heterocycles. The lowest BCUT2D eigenvalue weighted by Gasteiger charge is -2.08. The molecule has 1 heterocycles. The summed E-state index contributed by atoms with van der Waals surface area (Å²) in [4.78, 5) is 14.8. The van der Waals surface area contributed by atoms with Gasteiger partial charge in [0.2, 0.25) is 0 Å². The summed E-state index contributed by atoms with van der Waals surface area (Å²) in [6.45, 7) is 3.27. The van der Waals surface area contributed by atoms with Gasteiger partial charge in [-0.1, -0.05) is 25.1 Å². The topological polar surface area (TPSA) is 55.1 Å². The van der Waals surface area contributed by atoms with E-state index in [1.807, 2.05) is 24.3 Å². The normalized spacial score (nSPS) is 10.5. The van der Waals surface area contributed by atoms with E-state index in [1.165, 1.54) is 9.75 Å². The molecule has 3 N–H and O–H groups in total. The highest BCUT2D eigenvalue weighted by Gasteiger charge is 2.10. The van der Waals surface area contributed by atoms with Crippen molar-refractivity contribution in [3.8, 4) is 0 Å². The predicted molar refractivity (Wildman–Crippen MR) is 84.1 cm³/mol. The minimum atomic E-state index is -0.0273. The molecule has 0 fully saturated rings. The first-order valence-electron chi connectivity index (χ1n) is 6.88. The second kappa shape index (κ2) is 7.22. The molecule has 0 bridgehead atoms. The Morgan fingerprint density at radius 3 is 2.65 bits per heavy atom. The number of hydrogen-bond acceptors (Lipinski definition) is 3. The van der Waals surface area contributed by atoms with Crippen molar-refractivity contribution < 1.29 is 4.79 Å². The quantitative estimate of drug-likeness (QED) is 0.858. The summed E-state index contributed by atoms with van der Waals surface area (Å²) in [7, 11) is 0. The molecule has 0 unspecified atom stereocenters. The maximum absolute atomic E-state index is 12.2. The van der Waals surface area contributed by atoms with Crippen molar-refractivity contribution in [2.75, 3.05) is 6.54 Å². The molecule has 0 radical (unpaired) electrons. The largest absolute Gasteiger partial charge is 0.347 e. The number of carbonyl (C=O) groups is 1. The number of nitrogens with two attached hydrogens (primary N) is 1. The van der Waals surface area contributed by atoms with Gasteiger partial charge < -0.3 is 11.1 Å². The van der Waals surface area contributed by atoms with Gasteiger partial charge in [0.1, 0.15) is 0 Å². The highest BCUT2D eigenvalue weighted by atomic mass is 32.1. The molecular weight excluding hydrogens is 268 g/mol. The molecule has 1 aromatic carbocycles. The molecule has 0 aliphatic carbocycles. The number of thiophene rings is 1. The molecule has 106 valence electrons. The summed E-state index contributed by atoms with van der Waals surface area (Å²) in [5, 5.41) is 2.98. The fourth-order valence-corrected chi connectivity index (χ4v) is 2.98. The van der Waals surface area contributed by atoms with Gasteiger partial charge in [0.25, 0.3) is 5.91 Å². The first-order chi connectivity index (χ1) is 9.74. The fourth-order valence-electron chi connectivity index (χ4n) is 2.09. The Morgan fingerprint density at radius 2 is 1.95 bits per heavy atom. The SMILES string of the molecule is CCc1ccc(CNC(=O)c2ccccc2CCN)s1. The van der Waals surface area contributed by atoms with Crippen LogP contribution in [0.5, 0.6) is 0 Å². The summed E-state index contributed by atoms with van der Waals surface area (Å²) < 4.78 is 0. The van der Waals surface area contributed by atoms with Crippen molar-refractivity contribution in [3.05, 3.63) is 57.3 Å². The van der Waals surface area contributed by atoms with Gasteiger partial charge in [-0.25, -0.2) is 0 Å². The van der Waals surface area contributed by atoms with Gasteiger partial charge >= 0.3 is 0 Å². The third-order valence-corrected chi connectivity index (χ3v) is 4.39. The summed E-state index contributed by atoms with van der Waals surface area (Å²) >= 11 is 1.75. The van der Waals surface area contributed by atoms with Crippen LogP contribution in [0.15, 0.2) is 36.4 Å². The van der Waals surface area contributed by atoms with Crippen LogP contribution in [0.1, 0.15) is 32.6 Å². The second-order valence-electron chi connectivity index (χ2n) is 4.60. The maximum atomic E-state index is 12.2. The lowest BCUT2D eigenvalue weighted by Crippen LogP contribution is -2.24. The van der Waals surface area contributed by atoms with E-state index in [-0.39, 0.29) is 5.91 Å². The molecule has 0 aliphatic rings. The number of amides is 1. The number of rotatable bonds is 6. The van der Waals surface area contributed by atoms with Crippen molar-refractivity contribution in [2.45, 2.75) is 26.3 Å². The highest BCUT2D eigenvalue weighted by Crippen LogP contribution is 2.17. The second-order valence-corrected chi connectivity index (χ2v) is 5.85. The van der Waals surface area contributed by atoms with Crippen LogP contribution in [0.25, 0.3) is 0 Å². The molecular formula is C16H20N2OS. The van der Waals surface area contributed by atoms with E-state index in [1.54, 1.807) is 11.3 Å². The summed E-state index contributed by atoms with van der Waals surface area (Å²) in [5.74, 6) is -0.0273. The fraction of sp³-hybridized carbons (Fsp3) is 0.312. The number of nitrogens with one attached hydrogen (secondary N) is 1. The van der Waals surface area contributed by atoms with Crippen molar-refractivity contribution in [3.63, 3.8) is 0 Å². The Kier molecular flexibility index (Phi) is 5.32. The third-order valence-electron chi connectivity index (χ3n) is 3.16. The molecule has 0 spiro atoms. The molecule has 4 heteroatoms. The van der Waals surface area contributed by atoms with E-state index in [4.69, 9.17) is 5.73 Å². The zero-order valence-electron chi connectivity index (χ0n) is 11.7.